The molecule has 0 saturated carbocycles. The standard InChI is InChI=1S/C14H15FN2O/c1-3-17-7-6-16-14(17)9-11-8-12(15)4-5-13(11)10(2)18/h4-8H,3,9H2,1-2H3. The number of rotatable bonds is 4. The number of benzene rings is 1. The van der Waals surface area contributed by atoms with Gasteiger partial charge in [-0.2, -0.15) is 0 Å². The minimum Gasteiger partial charge on any atom is -0.335 e. The number of hydrogen-bond donors (Lipinski definition) is 0. The molecule has 2 aromatic rings. The molecule has 0 spiro atoms. The fourth-order valence-corrected chi connectivity index (χ4v) is 2.02. The summed E-state index contributed by atoms with van der Waals surface area (Å²) in [5.41, 5.74) is 1.24. The summed E-state index contributed by atoms with van der Waals surface area (Å²) in [5, 5.41) is 0. The smallest absolute Gasteiger partial charge is 0.160 e. The fraction of sp³-hybridized carbons (Fsp3) is 0.286. The summed E-state index contributed by atoms with van der Waals surface area (Å²) in [6.45, 7) is 4.31. The molecule has 0 aliphatic heterocycles. The number of aromatic nitrogens is 2. The van der Waals surface area contributed by atoms with Gasteiger partial charge in [0.1, 0.15) is 11.6 Å². The second-order valence-corrected chi connectivity index (χ2v) is 4.16. The zero-order chi connectivity index (χ0) is 13.1. The van der Waals surface area contributed by atoms with Gasteiger partial charge in [0.15, 0.2) is 5.78 Å². The molecule has 4 heteroatoms. The van der Waals surface area contributed by atoms with Crippen molar-refractivity contribution in [3.63, 3.8) is 0 Å². The molecule has 0 aliphatic carbocycles. The van der Waals surface area contributed by atoms with Gasteiger partial charge in [-0.05, 0) is 37.6 Å². The van der Waals surface area contributed by atoms with E-state index in [0.29, 0.717) is 17.5 Å². The van der Waals surface area contributed by atoms with E-state index in [2.05, 4.69) is 4.98 Å². The van der Waals surface area contributed by atoms with Crippen LogP contribution < -0.4 is 0 Å². The minimum atomic E-state index is -0.329. The Labute approximate surface area is 105 Å². The number of aryl methyl sites for hydroxylation is 1. The van der Waals surface area contributed by atoms with Crippen molar-refractivity contribution in [2.24, 2.45) is 0 Å². The molecule has 1 aromatic heterocycles. The maximum atomic E-state index is 13.3. The van der Waals surface area contributed by atoms with Gasteiger partial charge >= 0.3 is 0 Å². The predicted octanol–water partition coefficient (Wildman–Crippen LogP) is 2.84. The zero-order valence-corrected chi connectivity index (χ0v) is 10.5. The van der Waals surface area contributed by atoms with Gasteiger partial charge in [-0.15, -0.1) is 0 Å². The summed E-state index contributed by atoms with van der Waals surface area (Å²) in [7, 11) is 0. The van der Waals surface area contributed by atoms with Crippen molar-refractivity contribution in [1.29, 1.82) is 0 Å². The van der Waals surface area contributed by atoms with Crippen LogP contribution in [0.1, 0.15) is 35.6 Å². The molecule has 0 unspecified atom stereocenters. The van der Waals surface area contributed by atoms with Gasteiger partial charge < -0.3 is 4.57 Å². The molecular weight excluding hydrogens is 231 g/mol. The van der Waals surface area contributed by atoms with E-state index in [9.17, 15) is 9.18 Å². The van der Waals surface area contributed by atoms with Crippen LogP contribution >= 0.6 is 0 Å². The highest BCUT2D eigenvalue weighted by atomic mass is 19.1. The molecule has 0 aliphatic rings. The summed E-state index contributed by atoms with van der Waals surface area (Å²) < 4.78 is 15.3. The second kappa shape index (κ2) is 5.12. The number of ketones is 1. The highest BCUT2D eigenvalue weighted by Crippen LogP contribution is 2.16. The number of Topliss-reactive ketones (excluding diaryl/α,β-unsaturated/α-hetero) is 1. The summed E-state index contributed by atoms with van der Waals surface area (Å²) >= 11 is 0. The Morgan fingerprint density at radius 3 is 2.89 bits per heavy atom. The first-order chi connectivity index (χ1) is 8.61. The quantitative estimate of drug-likeness (QED) is 0.777. The third-order valence-corrected chi connectivity index (χ3v) is 2.94. The van der Waals surface area contributed by atoms with Crippen LogP contribution in [0.25, 0.3) is 0 Å². The van der Waals surface area contributed by atoms with Crippen LogP contribution in [0, 0.1) is 5.82 Å². The zero-order valence-electron chi connectivity index (χ0n) is 10.5. The van der Waals surface area contributed by atoms with Crippen LogP contribution in [0.15, 0.2) is 30.6 Å². The fourth-order valence-electron chi connectivity index (χ4n) is 2.02. The lowest BCUT2D eigenvalue weighted by Gasteiger charge is -2.08. The number of imidazole rings is 1. The maximum Gasteiger partial charge on any atom is 0.160 e. The summed E-state index contributed by atoms with van der Waals surface area (Å²) in [6.07, 6.45) is 4.06. The number of carbonyl (C=O) groups excluding carboxylic acids is 1. The van der Waals surface area contributed by atoms with E-state index in [1.165, 1.54) is 25.1 Å². The second-order valence-electron chi connectivity index (χ2n) is 4.16. The number of carbonyl (C=O) groups is 1. The van der Waals surface area contributed by atoms with Crippen LogP contribution in [-0.4, -0.2) is 15.3 Å². The molecular formula is C14H15FN2O. The monoisotopic (exact) mass is 246 g/mol. The van der Waals surface area contributed by atoms with Crippen molar-refractivity contribution in [2.45, 2.75) is 26.8 Å². The molecule has 3 nitrogen and oxygen atoms in total. The molecule has 94 valence electrons. The van der Waals surface area contributed by atoms with Gasteiger partial charge in [0.05, 0.1) is 0 Å². The lowest BCUT2D eigenvalue weighted by molar-refractivity contribution is 0.101. The van der Waals surface area contributed by atoms with Gasteiger partial charge in [-0.1, -0.05) is 0 Å². The Morgan fingerprint density at radius 1 is 1.44 bits per heavy atom. The van der Waals surface area contributed by atoms with E-state index in [0.717, 1.165) is 12.4 Å². The first-order valence-electron chi connectivity index (χ1n) is 5.91. The SMILES string of the molecule is CCn1ccnc1Cc1cc(F)ccc1C(C)=O. The molecule has 0 N–H and O–H groups in total. The van der Waals surface area contributed by atoms with Gasteiger partial charge in [0.2, 0.25) is 0 Å². The number of hydrogen-bond acceptors (Lipinski definition) is 2. The molecule has 1 heterocycles. The largest absolute Gasteiger partial charge is 0.335 e. The predicted molar refractivity (Wildman–Crippen MR) is 67.1 cm³/mol. The average molecular weight is 246 g/mol. The number of nitrogens with zero attached hydrogens (tertiary/aromatic N) is 2. The molecule has 0 radical (unpaired) electrons. The molecule has 1 aromatic carbocycles. The summed E-state index contributed by atoms with van der Waals surface area (Å²) in [5.74, 6) is 0.454. The van der Waals surface area contributed by atoms with E-state index in [1.54, 1.807) is 6.20 Å². The van der Waals surface area contributed by atoms with E-state index >= 15 is 0 Å². The first kappa shape index (κ1) is 12.5. The van der Waals surface area contributed by atoms with Crippen molar-refractivity contribution < 1.29 is 9.18 Å². The van der Waals surface area contributed by atoms with Gasteiger partial charge in [0, 0.05) is 30.9 Å². The summed E-state index contributed by atoms with van der Waals surface area (Å²) in [4.78, 5) is 15.8. The lowest BCUT2D eigenvalue weighted by atomic mass is 10.0. The minimum absolute atomic E-state index is 0.0559. The van der Waals surface area contributed by atoms with E-state index in [-0.39, 0.29) is 11.6 Å². The molecule has 0 bridgehead atoms. The van der Waals surface area contributed by atoms with Crippen molar-refractivity contribution in [3.05, 3.63) is 53.4 Å². The van der Waals surface area contributed by atoms with E-state index < -0.39 is 0 Å². The normalized spacial score (nSPS) is 10.6. The van der Waals surface area contributed by atoms with Gasteiger partial charge in [-0.3, -0.25) is 4.79 Å². The van der Waals surface area contributed by atoms with Crippen LogP contribution in [0.2, 0.25) is 0 Å². The van der Waals surface area contributed by atoms with Gasteiger partial charge in [0.25, 0.3) is 0 Å². The Morgan fingerprint density at radius 2 is 2.22 bits per heavy atom. The van der Waals surface area contributed by atoms with Crippen molar-refractivity contribution in [1.82, 2.24) is 9.55 Å². The Balaban J connectivity index is 2.39. The molecule has 0 atom stereocenters. The third-order valence-electron chi connectivity index (χ3n) is 2.94. The van der Waals surface area contributed by atoms with Gasteiger partial charge in [-0.25, -0.2) is 9.37 Å². The lowest BCUT2D eigenvalue weighted by Crippen LogP contribution is -2.06. The molecule has 2 rings (SSSR count). The third kappa shape index (κ3) is 2.47. The molecule has 0 saturated heterocycles. The molecule has 18 heavy (non-hydrogen) atoms. The van der Waals surface area contributed by atoms with E-state index in [1.807, 2.05) is 17.7 Å². The van der Waals surface area contributed by atoms with Crippen LogP contribution in [0.4, 0.5) is 4.39 Å². The van der Waals surface area contributed by atoms with Crippen LogP contribution in [-0.2, 0) is 13.0 Å². The first-order valence-corrected chi connectivity index (χ1v) is 5.91. The Kier molecular flexibility index (Phi) is 3.55. The topological polar surface area (TPSA) is 34.9 Å². The maximum absolute atomic E-state index is 13.3. The molecule has 0 amide bonds. The van der Waals surface area contributed by atoms with Crippen molar-refractivity contribution in [3.8, 4) is 0 Å². The molecule has 0 fully saturated rings. The van der Waals surface area contributed by atoms with Crippen molar-refractivity contribution >= 4 is 5.78 Å². The highest BCUT2D eigenvalue weighted by molar-refractivity contribution is 5.95. The van der Waals surface area contributed by atoms with Crippen molar-refractivity contribution in [2.75, 3.05) is 0 Å². The highest BCUT2D eigenvalue weighted by Gasteiger charge is 2.11. The Hall–Kier alpha value is -1.97. The van der Waals surface area contributed by atoms with E-state index in [4.69, 9.17) is 0 Å². The average Bonchev–Trinajstić information content (AvgIpc) is 2.76. The number of halogens is 1. The summed E-state index contributed by atoms with van der Waals surface area (Å²) in [6, 6.07) is 4.25. The Bertz CT molecular complexity index is 575. The van der Waals surface area contributed by atoms with Crippen LogP contribution in [0.3, 0.4) is 0 Å². The van der Waals surface area contributed by atoms with Crippen LogP contribution in [0.5, 0.6) is 0 Å².